The molecule has 7 nitrogen and oxygen atoms in total. The van der Waals surface area contributed by atoms with Gasteiger partial charge in [0.1, 0.15) is 11.5 Å². The van der Waals surface area contributed by atoms with Crippen LogP contribution in [0, 0.1) is 5.92 Å². The van der Waals surface area contributed by atoms with Crippen molar-refractivity contribution in [1.29, 1.82) is 0 Å². The molecule has 2 saturated carbocycles. The van der Waals surface area contributed by atoms with Crippen molar-refractivity contribution in [2.75, 3.05) is 25.7 Å². The summed E-state index contributed by atoms with van der Waals surface area (Å²) in [5.74, 6) is 2.96. The first-order valence-corrected chi connectivity index (χ1v) is 20.3. The normalized spacial score (nSPS) is 16.3. The number of rotatable bonds is 17. The molecule has 1 N–H and O–H groups in total. The summed E-state index contributed by atoms with van der Waals surface area (Å²) in [6.45, 7) is 10.5. The van der Waals surface area contributed by atoms with Crippen LogP contribution in [-0.4, -0.2) is 37.5 Å². The van der Waals surface area contributed by atoms with Crippen molar-refractivity contribution in [3.63, 3.8) is 0 Å². The van der Waals surface area contributed by atoms with E-state index in [-0.39, 0.29) is 5.97 Å². The zero-order valence-electron chi connectivity index (χ0n) is 31.9. The van der Waals surface area contributed by atoms with Gasteiger partial charge in [0.15, 0.2) is 0 Å². The van der Waals surface area contributed by atoms with Crippen LogP contribution in [0.15, 0.2) is 91.1 Å². The van der Waals surface area contributed by atoms with Crippen molar-refractivity contribution in [3.8, 4) is 11.5 Å². The summed E-state index contributed by atoms with van der Waals surface area (Å²) in [5.41, 5.74) is 7.57. The number of benzene rings is 3. The number of unbranched alkanes of at least 4 members (excludes halogenated alkanes) is 3. The van der Waals surface area contributed by atoms with E-state index in [2.05, 4.69) is 59.9 Å². The summed E-state index contributed by atoms with van der Waals surface area (Å²) in [7, 11) is 1.71. The number of hydrogen-bond acceptors (Lipinski definition) is 8. The number of methoxy groups -OCH3 is 1. The van der Waals surface area contributed by atoms with E-state index in [1.54, 1.807) is 18.4 Å². The first-order chi connectivity index (χ1) is 26.0. The maximum Gasteiger partial charge on any atom is 0.330 e. The molecular formula is C45H59N3O4S. The second-order valence-corrected chi connectivity index (χ2v) is 14.7. The largest absolute Gasteiger partial charge is 0.496 e. The van der Waals surface area contributed by atoms with Gasteiger partial charge in [0.25, 0.3) is 0 Å². The molecule has 284 valence electrons. The standard InChI is InChI=1S/C24H29N3OS.C17H22O3.C4H8/c1-3-6-17-9-11-18(12-10-17)19-13-14-22(28-2)20(15-19)16-25-27-24-26-21-7-4-5-8-23(21)29-24;1-3-15-9-11-16(12-10-15)19-13-7-5-6-8-14-20-17(18)4-2;1-2-4-3-1/h4-5,7-8,13-18H,3,6,9-12H2,1-2H3,(H,26,27);3-4,9-12H,1-2,5-8,13-14H2;1-4H2/b25-16+;;. The minimum atomic E-state index is -0.351. The molecule has 2 fully saturated rings. The first kappa shape index (κ1) is 41.3. The summed E-state index contributed by atoms with van der Waals surface area (Å²) in [6.07, 6.45) is 22.8. The number of fused-ring (bicyclic) bond motifs is 1. The Hall–Kier alpha value is -4.43. The minimum absolute atomic E-state index is 0.351. The number of nitrogens with one attached hydrogen (secondary N) is 1. The van der Waals surface area contributed by atoms with Crippen molar-refractivity contribution >= 4 is 44.9 Å². The topological polar surface area (TPSA) is 82.0 Å². The van der Waals surface area contributed by atoms with Gasteiger partial charge in [-0.05, 0) is 111 Å². The molecule has 2 aliphatic carbocycles. The molecule has 0 unspecified atom stereocenters. The minimum Gasteiger partial charge on any atom is -0.496 e. The zero-order valence-corrected chi connectivity index (χ0v) is 32.7. The molecule has 3 aromatic carbocycles. The fourth-order valence-corrected chi connectivity index (χ4v) is 7.12. The Morgan fingerprint density at radius 2 is 1.64 bits per heavy atom. The number of thiazole rings is 1. The molecule has 2 aliphatic rings. The second-order valence-electron chi connectivity index (χ2n) is 13.7. The number of ether oxygens (including phenoxy) is 3. The molecule has 0 spiro atoms. The fraction of sp³-hybridized carbons (Fsp3) is 0.444. The van der Waals surface area contributed by atoms with E-state index in [0.717, 1.165) is 69.6 Å². The molecule has 0 atom stereocenters. The Bertz CT molecular complexity index is 1650. The Balaban J connectivity index is 0.000000226. The van der Waals surface area contributed by atoms with Crippen molar-refractivity contribution in [3.05, 3.63) is 103 Å². The summed E-state index contributed by atoms with van der Waals surface area (Å²) in [4.78, 5) is 15.3. The third kappa shape index (κ3) is 14.8. The molecule has 0 aliphatic heterocycles. The molecule has 6 rings (SSSR count). The van der Waals surface area contributed by atoms with Crippen LogP contribution in [0.3, 0.4) is 0 Å². The number of nitrogens with zero attached hydrogens (tertiary/aromatic N) is 2. The number of carbonyl (C=O) groups is 1. The summed E-state index contributed by atoms with van der Waals surface area (Å²) < 4.78 is 17.2. The van der Waals surface area contributed by atoms with Crippen LogP contribution in [0.2, 0.25) is 0 Å². The summed E-state index contributed by atoms with van der Waals surface area (Å²) in [6, 6.07) is 22.5. The SMILES string of the molecule is C1CCC1.C=CC(=O)OCCCCCCOc1ccc(C=C)cc1.CCCC1CCC(c2ccc(OC)c(/C=N/Nc3nc4ccccc4s3)c2)CC1. The number of esters is 1. The fourth-order valence-electron chi connectivity index (χ4n) is 6.31. The highest BCUT2D eigenvalue weighted by atomic mass is 32.1. The van der Waals surface area contributed by atoms with Crippen LogP contribution in [0.1, 0.15) is 119 Å². The Morgan fingerprint density at radius 3 is 2.28 bits per heavy atom. The Labute approximate surface area is 321 Å². The first-order valence-electron chi connectivity index (χ1n) is 19.5. The van der Waals surface area contributed by atoms with E-state index >= 15 is 0 Å². The van der Waals surface area contributed by atoms with Crippen LogP contribution in [0.5, 0.6) is 11.5 Å². The monoisotopic (exact) mass is 737 g/mol. The lowest BCUT2D eigenvalue weighted by molar-refractivity contribution is -0.137. The summed E-state index contributed by atoms with van der Waals surface area (Å²) >= 11 is 1.61. The molecule has 8 heteroatoms. The lowest BCUT2D eigenvalue weighted by Crippen LogP contribution is -2.13. The third-order valence-corrected chi connectivity index (χ3v) is 10.7. The van der Waals surface area contributed by atoms with Gasteiger partial charge in [-0.1, -0.05) is 106 Å². The van der Waals surface area contributed by atoms with Crippen LogP contribution < -0.4 is 14.9 Å². The van der Waals surface area contributed by atoms with Crippen molar-refractivity contribution in [1.82, 2.24) is 4.98 Å². The van der Waals surface area contributed by atoms with Crippen molar-refractivity contribution in [2.24, 2.45) is 11.0 Å². The number of hydrazone groups is 1. The predicted octanol–water partition coefficient (Wildman–Crippen LogP) is 12.4. The van der Waals surface area contributed by atoms with Gasteiger partial charge in [0.2, 0.25) is 5.13 Å². The van der Waals surface area contributed by atoms with Crippen LogP contribution in [0.25, 0.3) is 16.3 Å². The van der Waals surface area contributed by atoms with Gasteiger partial charge < -0.3 is 14.2 Å². The second kappa shape index (κ2) is 24.0. The van der Waals surface area contributed by atoms with Crippen LogP contribution in [0.4, 0.5) is 5.13 Å². The molecule has 4 aromatic rings. The Kier molecular flexibility index (Phi) is 18.7. The van der Waals surface area contributed by atoms with Gasteiger partial charge in [0, 0.05) is 11.6 Å². The highest BCUT2D eigenvalue weighted by Crippen LogP contribution is 2.38. The Morgan fingerprint density at radius 1 is 0.925 bits per heavy atom. The van der Waals surface area contributed by atoms with Gasteiger partial charge in [-0.3, -0.25) is 5.43 Å². The van der Waals surface area contributed by atoms with Crippen molar-refractivity contribution in [2.45, 2.75) is 103 Å². The van der Waals surface area contributed by atoms with E-state index in [4.69, 9.17) is 14.2 Å². The average Bonchev–Trinajstić information content (AvgIpc) is 3.59. The predicted molar refractivity (Wildman–Crippen MR) is 224 cm³/mol. The number of hydrogen-bond donors (Lipinski definition) is 1. The average molecular weight is 738 g/mol. The van der Waals surface area contributed by atoms with E-state index in [1.165, 1.54) is 75.8 Å². The third-order valence-electron chi connectivity index (χ3n) is 9.76. The molecule has 53 heavy (non-hydrogen) atoms. The number of carbonyl (C=O) groups excluding carboxylic acids is 1. The van der Waals surface area contributed by atoms with E-state index < -0.39 is 0 Å². The van der Waals surface area contributed by atoms with E-state index in [1.807, 2.05) is 54.8 Å². The van der Waals surface area contributed by atoms with Gasteiger partial charge in [-0.15, -0.1) is 0 Å². The van der Waals surface area contributed by atoms with Gasteiger partial charge >= 0.3 is 5.97 Å². The molecular weight excluding hydrogens is 679 g/mol. The lowest BCUT2D eigenvalue weighted by Gasteiger charge is -2.29. The lowest BCUT2D eigenvalue weighted by atomic mass is 9.77. The molecule has 0 saturated heterocycles. The van der Waals surface area contributed by atoms with Crippen molar-refractivity contribution < 1.29 is 19.0 Å². The quantitative estimate of drug-likeness (QED) is 0.0382. The van der Waals surface area contributed by atoms with Crippen LogP contribution in [-0.2, 0) is 9.53 Å². The molecule has 0 bridgehead atoms. The molecule has 0 amide bonds. The summed E-state index contributed by atoms with van der Waals surface area (Å²) in [5, 5.41) is 5.23. The van der Waals surface area contributed by atoms with Gasteiger partial charge in [-0.25, -0.2) is 9.78 Å². The van der Waals surface area contributed by atoms with Gasteiger partial charge in [-0.2, -0.15) is 5.10 Å². The maximum atomic E-state index is 10.8. The van der Waals surface area contributed by atoms with E-state index in [9.17, 15) is 4.79 Å². The molecule has 1 aromatic heterocycles. The van der Waals surface area contributed by atoms with E-state index in [0.29, 0.717) is 19.1 Å². The van der Waals surface area contributed by atoms with Crippen LogP contribution >= 0.6 is 11.3 Å². The number of anilines is 1. The highest BCUT2D eigenvalue weighted by Gasteiger charge is 2.22. The zero-order chi connectivity index (χ0) is 37.5. The molecule has 1 heterocycles. The maximum absolute atomic E-state index is 10.8. The smallest absolute Gasteiger partial charge is 0.330 e. The van der Waals surface area contributed by atoms with Gasteiger partial charge in [0.05, 0.1) is 36.8 Å². The highest BCUT2D eigenvalue weighted by molar-refractivity contribution is 7.22. The molecule has 0 radical (unpaired) electrons. The number of para-hydroxylation sites is 1. The number of aromatic nitrogens is 1.